The van der Waals surface area contributed by atoms with Gasteiger partial charge in [0.15, 0.2) is 0 Å². The quantitative estimate of drug-likeness (QED) is 0.755. The molecule has 1 atom stereocenters. The second kappa shape index (κ2) is 5.17. The third kappa shape index (κ3) is 2.96. The molecular formula is C13H16FNO2. The molecular weight excluding hydrogens is 221 g/mol. The normalized spacial score (nSPS) is 19.4. The lowest BCUT2D eigenvalue weighted by atomic mass is 10.1. The van der Waals surface area contributed by atoms with Crippen molar-refractivity contribution in [2.75, 3.05) is 25.1 Å². The van der Waals surface area contributed by atoms with E-state index in [2.05, 4.69) is 9.64 Å². The number of hydrogen-bond acceptors (Lipinski definition) is 3. The molecule has 1 aromatic rings. The van der Waals surface area contributed by atoms with Gasteiger partial charge in [-0.1, -0.05) is 6.07 Å². The van der Waals surface area contributed by atoms with Gasteiger partial charge in [0.05, 0.1) is 13.5 Å². The first-order valence-corrected chi connectivity index (χ1v) is 5.76. The second-order valence-electron chi connectivity index (χ2n) is 4.36. The first-order valence-electron chi connectivity index (χ1n) is 5.76. The van der Waals surface area contributed by atoms with E-state index in [1.54, 1.807) is 6.07 Å². The number of methoxy groups -OCH3 is 1. The van der Waals surface area contributed by atoms with Crippen LogP contribution in [0, 0.1) is 11.7 Å². The number of anilines is 1. The number of carbonyl (C=O) groups excluding carboxylic acids is 1. The van der Waals surface area contributed by atoms with Crippen LogP contribution in [0.2, 0.25) is 0 Å². The third-order valence-corrected chi connectivity index (χ3v) is 3.14. The second-order valence-corrected chi connectivity index (χ2v) is 4.36. The molecule has 1 fully saturated rings. The summed E-state index contributed by atoms with van der Waals surface area (Å²) in [6, 6.07) is 6.56. The van der Waals surface area contributed by atoms with Gasteiger partial charge in [-0.2, -0.15) is 0 Å². The molecule has 17 heavy (non-hydrogen) atoms. The van der Waals surface area contributed by atoms with E-state index in [4.69, 9.17) is 0 Å². The average Bonchev–Trinajstić information content (AvgIpc) is 2.77. The molecule has 0 aromatic heterocycles. The van der Waals surface area contributed by atoms with Gasteiger partial charge in [0, 0.05) is 18.8 Å². The van der Waals surface area contributed by atoms with Crippen LogP contribution in [-0.4, -0.2) is 26.2 Å². The maximum absolute atomic E-state index is 13.1. The molecule has 4 heteroatoms. The summed E-state index contributed by atoms with van der Waals surface area (Å²) >= 11 is 0. The smallest absolute Gasteiger partial charge is 0.305 e. The highest BCUT2D eigenvalue weighted by Gasteiger charge is 2.25. The Hall–Kier alpha value is -1.58. The molecule has 0 saturated carbocycles. The maximum atomic E-state index is 13.1. The van der Waals surface area contributed by atoms with Gasteiger partial charge >= 0.3 is 5.97 Å². The van der Waals surface area contributed by atoms with Crippen LogP contribution in [0.5, 0.6) is 0 Å². The van der Waals surface area contributed by atoms with Gasteiger partial charge in [-0.25, -0.2) is 4.39 Å². The van der Waals surface area contributed by atoms with E-state index in [9.17, 15) is 9.18 Å². The summed E-state index contributed by atoms with van der Waals surface area (Å²) in [5, 5.41) is 0. The van der Waals surface area contributed by atoms with Crippen LogP contribution in [0.3, 0.4) is 0 Å². The number of ether oxygens (including phenoxy) is 1. The van der Waals surface area contributed by atoms with E-state index >= 15 is 0 Å². The zero-order valence-corrected chi connectivity index (χ0v) is 9.86. The van der Waals surface area contributed by atoms with Gasteiger partial charge in [0.1, 0.15) is 5.82 Å². The third-order valence-electron chi connectivity index (χ3n) is 3.14. The standard InChI is InChI=1S/C13H16FNO2/c1-17-13(16)7-10-5-6-15(9-10)12-4-2-3-11(14)8-12/h2-4,8,10H,5-7,9H2,1H3. The number of carbonyl (C=O) groups is 1. The topological polar surface area (TPSA) is 29.5 Å². The summed E-state index contributed by atoms with van der Waals surface area (Å²) in [6.07, 6.45) is 1.40. The van der Waals surface area contributed by atoms with E-state index in [0.717, 1.165) is 25.2 Å². The number of rotatable bonds is 3. The minimum absolute atomic E-state index is 0.170. The van der Waals surface area contributed by atoms with Gasteiger partial charge in [-0.15, -0.1) is 0 Å². The molecule has 92 valence electrons. The van der Waals surface area contributed by atoms with E-state index in [0.29, 0.717) is 12.3 Å². The van der Waals surface area contributed by atoms with Gasteiger partial charge in [0.25, 0.3) is 0 Å². The van der Waals surface area contributed by atoms with E-state index in [1.807, 2.05) is 6.07 Å². The van der Waals surface area contributed by atoms with Crippen LogP contribution < -0.4 is 4.90 Å². The largest absolute Gasteiger partial charge is 0.469 e. The highest BCUT2D eigenvalue weighted by molar-refractivity contribution is 5.69. The highest BCUT2D eigenvalue weighted by atomic mass is 19.1. The molecule has 0 spiro atoms. The van der Waals surface area contributed by atoms with Crippen LogP contribution >= 0.6 is 0 Å². The maximum Gasteiger partial charge on any atom is 0.305 e. The lowest BCUT2D eigenvalue weighted by molar-refractivity contribution is -0.141. The Bertz CT molecular complexity index is 408. The van der Waals surface area contributed by atoms with Gasteiger partial charge in [-0.3, -0.25) is 4.79 Å². The summed E-state index contributed by atoms with van der Waals surface area (Å²) in [5.41, 5.74) is 0.886. The Kier molecular flexibility index (Phi) is 3.61. The Balaban J connectivity index is 1.96. The summed E-state index contributed by atoms with van der Waals surface area (Å²) in [7, 11) is 1.40. The van der Waals surface area contributed by atoms with Crippen molar-refractivity contribution in [3.8, 4) is 0 Å². The van der Waals surface area contributed by atoms with Crippen molar-refractivity contribution in [3.05, 3.63) is 30.1 Å². The van der Waals surface area contributed by atoms with Crippen molar-refractivity contribution < 1.29 is 13.9 Å². The molecule has 3 nitrogen and oxygen atoms in total. The van der Waals surface area contributed by atoms with Crippen LogP contribution in [0.25, 0.3) is 0 Å². The summed E-state index contributed by atoms with van der Waals surface area (Å²) in [6.45, 7) is 1.66. The lowest BCUT2D eigenvalue weighted by Gasteiger charge is -2.18. The van der Waals surface area contributed by atoms with E-state index < -0.39 is 0 Å². The zero-order valence-electron chi connectivity index (χ0n) is 9.86. The van der Waals surface area contributed by atoms with Crippen molar-refractivity contribution in [3.63, 3.8) is 0 Å². The summed E-state index contributed by atoms with van der Waals surface area (Å²) in [5.74, 6) is -0.0827. The fraction of sp³-hybridized carbons (Fsp3) is 0.462. The fourth-order valence-corrected chi connectivity index (χ4v) is 2.23. The van der Waals surface area contributed by atoms with Crippen molar-refractivity contribution in [1.29, 1.82) is 0 Å². The van der Waals surface area contributed by atoms with Crippen molar-refractivity contribution in [1.82, 2.24) is 0 Å². The molecule has 0 radical (unpaired) electrons. The summed E-state index contributed by atoms with van der Waals surface area (Å²) in [4.78, 5) is 13.3. The predicted molar refractivity (Wildman–Crippen MR) is 63.4 cm³/mol. The highest BCUT2D eigenvalue weighted by Crippen LogP contribution is 2.26. The van der Waals surface area contributed by atoms with Crippen molar-refractivity contribution >= 4 is 11.7 Å². The molecule has 1 aliphatic rings. The Morgan fingerprint density at radius 2 is 2.41 bits per heavy atom. The van der Waals surface area contributed by atoms with Gasteiger partial charge in [-0.05, 0) is 30.5 Å². The van der Waals surface area contributed by atoms with Gasteiger partial charge in [0.2, 0.25) is 0 Å². The average molecular weight is 237 g/mol. The van der Waals surface area contributed by atoms with Crippen LogP contribution in [0.1, 0.15) is 12.8 Å². The number of nitrogens with zero attached hydrogens (tertiary/aromatic N) is 1. The first kappa shape index (κ1) is 11.9. The molecule has 0 amide bonds. The molecule has 1 heterocycles. The predicted octanol–water partition coefficient (Wildman–Crippen LogP) is 2.22. The molecule has 2 rings (SSSR count). The SMILES string of the molecule is COC(=O)CC1CCN(c2cccc(F)c2)C1. The number of halogens is 1. The van der Waals surface area contributed by atoms with Crippen molar-refractivity contribution in [2.24, 2.45) is 5.92 Å². The molecule has 0 bridgehead atoms. The minimum Gasteiger partial charge on any atom is -0.469 e. The lowest BCUT2D eigenvalue weighted by Crippen LogP contribution is -2.20. The number of esters is 1. The van der Waals surface area contributed by atoms with Crippen LogP contribution in [0.15, 0.2) is 24.3 Å². The summed E-state index contributed by atoms with van der Waals surface area (Å²) < 4.78 is 17.7. The Morgan fingerprint density at radius 3 is 3.12 bits per heavy atom. The first-order chi connectivity index (χ1) is 8.19. The minimum atomic E-state index is -0.223. The Morgan fingerprint density at radius 1 is 1.59 bits per heavy atom. The molecule has 1 aliphatic heterocycles. The Labute approximate surface area is 100 Å². The molecule has 1 unspecified atom stereocenters. The molecule has 0 aliphatic carbocycles. The van der Waals surface area contributed by atoms with Crippen LogP contribution in [-0.2, 0) is 9.53 Å². The monoisotopic (exact) mass is 237 g/mol. The van der Waals surface area contributed by atoms with E-state index in [-0.39, 0.29) is 11.8 Å². The van der Waals surface area contributed by atoms with Crippen LogP contribution in [0.4, 0.5) is 10.1 Å². The van der Waals surface area contributed by atoms with Gasteiger partial charge < -0.3 is 9.64 Å². The number of hydrogen-bond donors (Lipinski definition) is 0. The fourth-order valence-electron chi connectivity index (χ4n) is 2.23. The molecule has 1 saturated heterocycles. The molecule has 0 N–H and O–H groups in total. The number of benzene rings is 1. The van der Waals surface area contributed by atoms with E-state index in [1.165, 1.54) is 19.2 Å². The molecule has 1 aromatic carbocycles. The van der Waals surface area contributed by atoms with Crippen molar-refractivity contribution in [2.45, 2.75) is 12.8 Å². The zero-order chi connectivity index (χ0) is 12.3.